The molecule has 2 N–H and O–H groups in total. The Labute approximate surface area is 274 Å². The van der Waals surface area contributed by atoms with E-state index in [4.69, 9.17) is 9.15 Å². The lowest BCUT2D eigenvalue weighted by molar-refractivity contribution is -0.677. The quantitative estimate of drug-likeness (QED) is 0.113. The molecular weight excluding hydrogens is 641 g/mol. The first-order valence-electron chi connectivity index (χ1n) is 15.5. The lowest BCUT2D eigenvalue weighted by Gasteiger charge is -2.20. The second-order valence-corrected chi connectivity index (χ2v) is 15.6. The highest BCUT2D eigenvalue weighted by Crippen LogP contribution is 2.42. The van der Waals surface area contributed by atoms with E-state index in [0.717, 1.165) is 38.3 Å². The molecule has 10 nitrogen and oxygen atoms in total. The summed E-state index contributed by atoms with van der Waals surface area (Å²) in [6, 6.07) is 23.6. The number of ether oxygens (including phenoxy) is 1. The number of hydrogen-bond donors (Lipinski definition) is 2. The van der Waals surface area contributed by atoms with Gasteiger partial charge in [-0.15, -0.1) is 0 Å². The Bertz CT molecular complexity index is 2270. The third-order valence-electron chi connectivity index (χ3n) is 8.77. The molecule has 2 unspecified atom stereocenters. The highest BCUT2D eigenvalue weighted by atomic mass is 32.2. The molecule has 246 valence electrons. The molecule has 0 bridgehead atoms. The number of hydrogen-bond acceptors (Lipinski definition) is 7. The smallest absolute Gasteiger partial charge is 0.374 e. The van der Waals surface area contributed by atoms with Gasteiger partial charge in [-0.1, -0.05) is 55.5 Å². The van der Waals surface area contributed by atoms with Crippen molar-refractivity contribution < 1.29 is 39.7 Å². The number of allylic oxidation sites excluding steroid dienone is 2. The third kappa shape index (κ3) is 6.77. The van der Waals surface area contributed by atoms with Gasteiger partial charge in [0.05, 0.1) is 27.6 Å². The van der Waals surface area contributed by atoms with Crippen LogP contribution in [0.2, 0.25) is 0 Å². The first kappa shape index (κ1) is 32.7. The molecule has 2 heterocycles. The molecule has 0 fully saturated rings. The molecule has 0 aliphatic carbocycles. The Hall–Kier alpha value is -4.23. The Morgan fingerprint density at radius 1 is 0.872 bits per heavy atom. The lowest BCUT2D eigenvalue weighted by Crippen LogP contribution is -2.38. The maximum Gasteiger partial charge on any atom is 0.374 e. The summed E-state index contributed by atoms with van der Waals surface area (Å²) in [4.78, 5) is 1.92. The monoisotopic (exact) mass is 677 g/mol. The fourth-order valence-corrected chi connectivity index (χ4v) is 6.62. The summed E-state index contributed by atoms with van der Waals surface area (Å²) in [7, 11) is -8.43. The zero-order chi connectivity index (χ0) is 33.5. The number of rotatable bonds is 11. The first-order chi connectivity index (χ1) is 22.3. The molecule has 5 aromatic rings. The molecule has 4 aromatic carbocycles. The zero-order valence-electron chi connectivity index (χ0n) is 26.3. The number of fused-ring (bicyclic) bond motifs is 5. The van der Waals surface area contributed by atoms with Crippen LogP contribution in [0.5, 0.6) is 5.75 Å². The van der Waals surface area contributed by atoms with Crippen molar-refractivity contribution in [3.63, 3.8) is 0 Å². The molecule has 6 rings (SSSR count). The number of oxazole rings is 1. The minimum atomic E-state index is -4.22. The number of aromatic nitrogens is 1. The summed E-state index contributed by atoms with van der Waals surface area (Å²) in [6.45, 7) is 5.49. The highest BCUT2D eigenvalue weighted by Gasteiger charge is 2.30. The van der Waals surface area contributed by atoms with E-state index in [-0.39, 0.29) is 25.9 Å². The van der Waals surface area contributed by atoms with Crippen molar-refractivity contribution >= 4 is 64.6 Å². The van der Waals surface area contributed by atoms with E-state index in [1.54, 1.807) is 0 Å². The number of benzene rings is 4. The largest absolute Gasteiger partial charge is 0.439 e. The third-order valence-corrected chi connectivity index (χ3v) is 11.3. The summed E-state index contributed by atoms with van der Waals surface area (Å²) in [6.07, 6.45) is 4.69. The van der Waals surface area contributed by atoms with Gasteiger partial charge in [-0.05, 0) is 72.7 Å². The van der Waals surface area contributed by atoms with Gasteiger partial charge in [-0.2, -0.15) is 21.4 Å². The normalized spacial score (nSPS) is 16.2. The Morgan fingerprint density at radius 2 is 1.51 bits per heavy atom. The van der Waals surface area contributed by atoms with Crippen molar-refractivity contribution in [2.45, 2.75) is 57.1 Å². The zero-order valence-corrected chi connectivity index (χ0v) is 28.0. The fourth-order valence-electron chi connectivity index (χ4n) is 5.81. The molecule has 0 saturated heterocycles. The van der Waals surface area contributed by atoms with Crippen LogP contribution in [-0.2, 0) is 26.8 Å². The number of anilines is 1. The van der Waals surface area contributed by atoms with Gasteiger partial charge >= 0.3 is 5.89 Å². The van der Waals surface area contributed by atoms with Crippen LogP contribution in [0, 0.1) is 0 Å². The van der Waals surface area contributed by atoms with E-state index in [1.165, 1.54) is 13.8 Å². The maximum atomic E-state index is 11.9. The van der Waals surface area contributed by atoms with Gasteiger partial charge in [-0.3, -0.25) is 9.11 Å². The van der Waals surface area contributed by atoms with Gasteiger partial charge in [0.1, 0.15) is 0 Å². The molecule has 0 amide bonds. The molecule has 1 aliphatic heterocycles. The van der Waals surface area contributed by atoms with Gasteiger partial charge in [0.25, 0.3) is 25.8 Å². The van der Waals surface area contributed by atoms with E-state index in [9.17, 15) is 25.9 Å². The van der Waals surface area contributed by atoms with E-state index < -0.39 is 30.7 Å². The highest BCUT2D eigenvalue weighted by molar-refractivity contribution is 7.86. The van der Waals surface area contributed by atoms with Crippen LogP contribution in [0.4, 0.5) is 5.69 Å². The molecule has 1 aromatic heterocycles. The number of nitrogens with zero attached hydrogens (tertiary/aromatic N) is 2. The molecule has 47 heavy (non-hydrogen) atoms. The second kappa shape index (κ2) is 12.8. The van der Waals surface area contributed by atoms with Crippen molar-refractivity contribution in [1.29, 1.82) is 0 Å². The second-order valence-electron chi connectivity index (χ2n) is 11.9. The number of aryl methyl sites for hydroxylation is 1. The van der Waals surface area contributed by atoms with Gasteiger partial charge in [-0.25, -0.2) is 0 Å². The van der Waals surface area contributed by atoms with Crippen LogP contribution in [0.3, 0.4) is 0 Å². The first-order valence-corrected chi connectivity index (χ1v) is 18.5. The minimum absolute atomic E-state index is 0.163. The topological polar surface area (TPSA) is 138 Å². The lowest BCUT2D eigenvalue weighted by atomic mass is 10.1. The Balaban J connectivity index is 1.44. The van der Waals surface area contributed by atoms with Gasteiger partial charge in [0, 0.05) is 19.0 Å². The van der Waals surface area contributed by atoms with Crippen molar-refractivity contribution in [3.8, 4) is 5.75 Å². The predicted octanol–water partition coefficient (Wildman–Crippen LogP) is 6.89. The summed E-state index contributed by atoms with van der Waals surface area (Å²) >= 11 is 0. The van der Waals surface area contributed by atoms with Gasteiger partial charge < -0.3 is 14.1 Å². The van der Waals surface area contributed by atoms with Crippen molar-refractivity contribution in [2.24, 2.45) is 0 Å². The summed E-state index contributed by atoms with van der Waals surface area (Å²) < 4.78 is 81.3. The molecule has 12 heteroatoms. The SMILES string of the molecule is CCC(=Cc1oc2ccc3ccccc3c2[n+]1CCC(C)S(=O)(=O)O)C=C1Oc2cc3ccccc3cc2N1CCC(C)S(=O)(=O)O. The van der Waals surface area contributed by atoms with Crippen LogP contribution in [-0.4, -0.2) is 43.0 Å². The van der Waals surface area contributed by atoms with Crippen LogP contribution in [0.25, 0.3) is 38.7 Å². The van der Waals surface area contributed by atoms with E-state index in [2.05, 4.69) is 0 Å². The summed E-state index contributed by atoms with van der Waals surface area (Å²) in [5.74, 6) is 1.63. The molecule has 0 spiro atoms. The van der Waals surface area contributed by atoms with E-state index in [0.29, 0.717) is 29.5 Å². The molecule has 1 aliphatic rings. The van der Waals surface area contributed by atoms with Crippen LogP contribution >= 0.6 is 0 Å². The van der Waals surface area contributed by atoms with Crippen molar-refractivity contribution in [3.05, 3.63) is 96.2 Å². The van der Waals surface area contributed by atoms with Gasteiger partial charge in [0.2, 0.25) is 11.5 Å². The van der Waals surface area contributed by atoms with Crippen LogP contribution in [0.1, 0.15) is 45.9 Å². The van der Waals surface area contributed by atoms with Crippen LogP contribution < -0.4 is 14.2 Å². The van der Waals surface area contributed by atoms with E-state index >= 15 is 0 Å². The standard InChI is InChI=1S/C35H36N2O8S2/c1-4-25(19-33-36(17-15-23(2)46(38,39)40)30-21-27-10-5-6-11-28(27)22-32(30)45-33)20-34-37(18-16-24(3)47(41,42)43)35-29-12-8-7-9-26(29)13-14-31(35)44-34/h5-14,19-24H,4,15-18H2,1-3H3,(H-,38,39,40,41,42,43)/p+1. The predicted molar refractivity (Wildman–Crippen MR) is 183 cm³/mol. The average molecular weight is 678 g/mol. The minimum Gasteiger partial charge on any atom is -0.439 e. The molecule has 2 atom stereocenters. The van der Waals surface area contributed by atoms with Crippen molar-refractivity contribution in [1.82, 2.24) is 0 Å². The molecule has 0 saturated carbocycles. The summed E-state index contributed by atoms with van der Waals surface area (Å²) in [5, 5.41) is 2.02. The summed E-state index contributed by atoms with van der Waals surface area (Å²) in [5.41, 5.74) is 3.08. The average Bonchev–Trinajstić information content (AvgIpc) is 3.56. The maximum absolute atomic E-state index is 11.9. The van der Waals surface area contributed by atoms with Crippen LogP contribution in [0.15, 0.2) is 94.7 Å². The molecule has 0 radical (unpaired) electrons. The van der Waals surface area contributed by atoms with Gasteiger partial charge in [0.15, 0.2) is 12.3 Å². The Kier molecular flexibility index (Phi) is 8.88. The molecular formula is C35H37N2O8S2+. The van der Waals surface area contributed by atoms with E-state index in [1.807, 2.05) is 101 Å². The Morgan fingerprint density at radius 3 is 2.19 bits per heavy atom. The van der Waals surface area contributed by atoms with Crippen molar-refractivity contribution in [2.75, 3.05) is 11.4 Å². The fraction of sp³-hybridized carbons (Fsp3) is 0.286.